The summed E-state index contributed by atoms with van der Waals surface area (Å²) in [4.78, 5) is 19.2. The van der Waals surface area contributed by atoms with Crippen LogP contribution < -0.4 is 15.2 Å². The maximum Gasteiger partial charge on any atom is 0.248 e. The molecule has 2 aromatic carbocycles. The molecule has 0 atom stereocenters. The van der Waals surface area contributed by atoms with Crippen molar-refractivity contribution >= 4 is 28.2 Å². The summed E-state index contributed by atoms with van der Waals surface area (Å²) in [5.74, 6) is 0.821. The number of nitrogens with one attached hydrogen (secondary N) is 1. The molecule has 1 aliphatic heterocycles. The Hall–Kier alpha value is -2.50. The molecule has 0 unspecified atom stereocenters. The van der Waals surface area contributed by atoms with Gasteiger partial charge in [-0.05, 0) is 48.9 Å². The molecule has 0 radical (unpaired) electrons. The Bertz CT molecular complexity index is 979. The number of hydrogen-bond donors (Lipinski definition) is 1. The lowest BCUT2D eigenvalue weighted by molar-refractivity contribution is 0.225. The topological polar surface area (TPSA) is 48.6 Å². The molecular formula is C22H24ClN3O2. The maximum atomic E-state index is 11.4. The second-order valence-corrected chi connectivity index (χ2v) is 7.48. The van der Waals surface area contributed by atoms with Gasteiger partial charge >= 0.3 is 0 Å². The van der Waals surface area contributed by atoms with E-state index >= 15 is 0 Å². The van der Waals surface area contributed by atoms with Crippen molar-refractivity contribution in [2.75, 3.05) is 44.2 Å². The number of benzene rings is 2. The summed E-state index contributed by atoms with van der Waals surface area (Å²) in [5, 5.41) is 1.72. The summed E-state index contributed by atoms with van der Waals surface area (Å²) >= 11 is 5.97. The van der Waals surface area contributed by atoms with Gasteiger partial charge < -0.3 is 14.6 Å². The first kappa shape index (κ1) is 18.8. The minimum atomic E-state index is -0.0950. The number of H-pyrrole nitrogens is 1. The summed E-state index contributed by atoms with van der Waals surface area (Å²) in [5.41, 5.74) is 1.95. The molecule has 6 heteroatoms. The van der Waals surface area contributed by atoms with Crippen molar-refractivity contribution in [2.24, 2.45) is 0 Å². The van der Waals surface area contributed by atoms with Gasteiger partial charge in [0.25, 0.3) is 0 Å². The number of aromatic nitrogens is 1. The molecule has 28 heavy (non-hydrogen) atoms. The van der Waals surface area contributed by atoms with Crippen LogP contribution in [0.4, 0.5) is 5.69 Å². The van der Waals surface area contributed by atoms with Gasteiger partial charge in [0.2, 0.25) is 5.56 Å². The zero-order valence-electron chi connectivity index (χ0n) is 15.7. The minimum Gasteiger partial charge on any atom is -0.493 e. The van der Waals surface area contributed by atoms with Gasteiger partial charge in [0.15, 0.2) is 0 Å². The van der Waals surface area contributed by atoms with E-state index in [2.05, 4.69) is 26.9 Å². The van der Waals surface area contributed by atoms with Crippen LogP contribution in [-0.4, -0.2) is 49.2 Å². The van der Waals surface area contributed by atoms with Crippen molar-refractivity contribution in [3.05, 3.63) is 70.0 Å². The van der Waals surface area contributed by atoms with E-state index < -0.39 is 0 Å². The van der Waals surface area contributed by atoms with Crippen molar-refractivity contribution < 1.29 is 4.74 Å². The maximum absolute atomic E-state index is 11.4. The van der Waals surface area contributed by atoms with Crippen LogP contribution in [0.25, 0.3) is 10.9 Å². The van der Waals surface area contributed by atoms with Gasteiger partial charge in [0.05, 0.1) is 12.1 Å². The van der Waals surface area contributed by atoms with Crippen molar-refractivity contribution in [1.82, 2.24) is 9.88 Å². The van der Waals surface area contributed by atoms with E-state index in [9.17, 15) is 4.79 Å². The molecule has 2 heterocycles. The van der Waals surface area contributed by atoms with Crippen LogP contribution in [0.2, 0.25) is 5.02 Å². The zero-order chi connectivity index (χ0) is 19.3. The van der Waals surface area contributed by atoms with Gasteiger partial charge in [0.1, 0.15) is 5.75 Å². The van der Waals surface area contributed by atoms with Crippen molar-refractivity contribution in [3.8, 4) is 5.75 Å². The predicted molar refractivity (Wildman–Crippen MR) is 115 cm³/mol. The Morgan fingerprint density at radius 2 is 1.75 bits per heavy atom. The van der Waals surface area contributed by atoms with Gasteiger partial charge in [-0.15, -0.1) is 0 Å². The molecule has 0 saturated carbocycles. The highest BCUT2D eigenvalue weighted by atomic mass is 35.5. The van der Waals surface area contributed by atoms with Gasteiger partial charge in [-0.1, -0.05) is 17.7 Å². The number of rotatable bonds is 6. The quantitative estimate of drug-likeness (QED) is 0.643. The van der Waals surface area contributed by atoms with E-state index in [1.54, 1.807) is 0 Å². The van der Waals surface area contributed by atoms with Crippen molar-refractivity contribution in [2.45, 2.75) is 6.42 Å². The van der Waals surface area contributed by atoms with Crippen LogP contribution in [-0.2, 0) is 0 Å². The van der Waals surface area contributed by atoms with Gasteiger partial charge in [-0.25, -0.2) is 0 Å². The average molecular weight is 398 g/mol. The highest BCUT2D eigenvalue weighted by Gasteiger charge is 2.16. The average Bonchev–Trinajstić information content (AvgIpc) is 2.72. The molecule has 0 aliphatic carbocycles. The normalized spacial score (nSPS) is 15.1. The number of fused-ring (bicyclic) bond motifs is 1. The minimum absolute atomic E-state index is 0.0950. The summed E-state index contributed by atoms with van der Waals surface area (Å²) in [6.45, 7) is 5.85. The molecule has 1 aliphatic rings. The fourth-order valence-corrected chi connectivity index (χ4v) is 3.76. The summed E-state index contributed by atoms with van der Waals surface area (Å²) < 4.78 is 5.98. The first-order valence-corrected chi connectivity index (χ1v) is 10.0. The second kappa shape index (κ2) is 8.67. The standard InChI is InChI=1S/C22H24ClN3O2/c23-17-5-7-18(8-6-17)26-14-12-25(13-15-26)11-2-16-28-21-4-1-3-20-19(21)9-10-22(27)24-20/h1,3-10H,2,11-16H2,(H,24,27). The third-order valence-electron chi connectivity index (χ3n) is 5.17. The van der Waals surface area contributed by atoms with Crippen LogP contribution in [0.3, 0.4) is 0 Å². The Labute approximate surface area is 169 Å². The van der Waals surface area contributed by atoms with E-state index in [-0.39, 0.29) is 5.56 Å². The van der Waals surface area contributed by atoms with E-state index in [1.807, 2.05) is 36.4 Å². The number of anilines is 1. The molecule has 1 saturated heterocycles. The van der Waals surface area contributed by atoms with Gasteiger partial charge in [-0.3, -0.25) is 9.69 Å². The number of piperazine rings is 1. The van der Waals surface area contributed by atoms with Crippen LogP contribution in [0, 0.1) is 0 Å². The number of pyridine rings is 1. The number of nitrogens with zero attached hydrogens (tertiary/aromatic N) is 2. The predicted octanol–water partition coefficient (Wildman–Crippen LogP) is 3.77. The fourth-order valence-electron chi connectivity index (χ4n) is 3.64. The molecule has 4 rings (SSSR count). The molecule has 0 spiro atoms. The number of halogens is 1. The molecule has 0 amide bonds. The Morgan fingerprint density at radius 1 is 0.964 bits per heavy atom. The van der Waals surface area contributed by atoms with E-state index in [4.69, 9.17) is 16.3 Å². The molecule has 0 bridgehead atoms. The summed E-state index contributed by atoms with van der Waals surface area (Å²) in [7, 11) is 0. The lowest BCUT2D eigenvalue weighted by atomic mass is 10.2. The lowest BCUT2D eigenvalue weighted by Gasteiger charge is -2.36. The monoisotopic (exact) mass is 397 g/mol. The first-order valence-electron chi connectivity index (χ1n) is 9.67. The largest absolute Gasteiger partial charge is 0.493 e. The van der Waals surface area contributed by atoms with Crippen molar-refractivity contribution in [1.29, 1.82) is 0 Å². The van der Waals surface area contributed by atoms with Crippen LogP contribution in [0.5, 0.6) is 5.75 Å². The number of hydrogen-bond acceptors (Lipinski definition) is 4. The van der Waals surface area contributed by atoms with E-state index in [1.165, 1.54) is 11.8 Å². The Morgan fingerprint density at radius 3 is 2.54 bits per heavy atom. The second-order valence-electron chi connectivity index (χ2n) is 7.05. The SMILES string of the molecule is O=c1ccc2c(OCCCN3CCN(c4ccc(Cl)cc4)CC3)cccc2[nH]1. The highest BCUT2D eigenvalue weighted by Crippen LogP contribution is 2.23. The third kappa shape index (κ3) is 4.49. The molecule has 3 aromatic rings. The van der Waals surface area contributed by atoms with Gasteiger partial charge in [-0.2, -0.15) is 0 Å². The van der Waals surface area contributed by atoms with Gasteiger partial charge in [0, 0.05) is 54.9 Å². The molecule has 1 aromatic heterocycles. The summed E-state index contributed by atoms with van der Waals surface area (Å²) in [6.07, 6.45) is 0.973. The molecule has 146 valence electrons. The van der Waals surface area contributed by atoms with Crippen LogP contribution in [0.1, 0.15) is 6.42 Å². The van der Waals surface area contributed by atoms with E-state index in [0.29, 0.717) is 6.61 Å². The smallest absolute Gasteiger partial charge is 0.248 e. The Balaban J connectivity index is 1.23. The van der Waals surface area contributed by atoms with Crippen molar-refractivity contribution in [3.63, 3.8) is 0 Å². The Kier molecular flexibility index (Phi) is 5.84. The molecule has 1 N–H and O–H groups in total. The summed E-state index contributed by atoms with van der Waals surface area (Å²) in [6, 6.07) is 17.2. The first-order chi connectivity index (χ1) is 13.7. The van der Waals surface area contributed by atoms with E-state index in [0.717, 1.165) is 60.8 Å². The van der Waals surface area contributed by atoms with Crippen LogP contribution >= 0.6 is 11.6 Å². The molecule has 1 fully saturated rings. The number of aromatic amines is 1. The van der Waals surface area contributed by atoms with Crippen LogP contribution in [0.15, 0.2) is 59.4 Å². The zero-order valence-corrected chi connectivity index (χ0v) is 16.5. The molecular weight excluding hydrogens is 374 g/mol. The highest BCUT2D eigenvalue weighted by molar-refractivity contribution is 6.30. The number of ether oxygens (including phenoxy) is 1. The third-order valence-corrected chi connectivity index (χ3v) is 5.42. The molecule has 5 nitrogen and oxygen atoms in total. The fraction of sp³-hybridized carbons (Fsp3) is 0.318. The lowest BCUT2D eigenvalue weighted by Crippen LogP contribution is -2.46.